The zero-order valence-corrected chi connectivity index (χ0v) is 18.1. The molecule has 0 bridgehead atoms. The lowest BCUT2D eigenvalue weighted by Crippen LogP contribution is -2.23. The van der Waals surface area contributed by atoms with Crippen molar-refractivity contribution in [3.8, 4) is 0 Å². The Labute approximate surface area is 174 Å². The summed E-state index contributed by atoms with van der Waals surface area (Å²) >= 11 is 0. The van der Waals surface area contributed by atoms with E-state index >= 15 is 0 Å². The second-order valence-corrected chi connectivity index (χ2v) is 9.60. The number of rotatable bonds is 5. The predicted molar refractivity (Wildman–Crippen MR) is 120 cm³/mol. The van der Waals surface area contributed by atoms with Gasteiger partial charge in [0.25, 0.3) is 5.91 Å². The van der Waals surface area contributed by atoms with Crippen LogP contribution in [0.25, 0.3) is 10.9 Å². The summed E-state index contributed by atoms with van der Waals surface area (Å²) in [4.78, 5) is 12.8. The Bertz CT molecular complexity index is 1030. The van der Waals surface area contributed by atoms with Crippen molar-refractivity contribution in [2.24, 2.45) is 5.92 Å². The number of carbonyl (C=O) groups excluding carboxylic acids is 1. The minimum atomic E-state index is -0.0119. The summed E-state index contributed by atoms with van der Waals surface area (Å²) in [6.07, 6.45) is 4.01. The lowest BCUT2D eigenvalue weighted by atomic mass is 9.85. The molecule has 1 N–H and O–H groups in total. The number of aromatic nitrogens is 1. The topological polar surface area (TPSA) is 34.0 Å². The van der Waals surface area contributed by atoms with Crippen molar-refractivity contribution in [3.63, 3.8) is 0 Å². The Hall–Kier alpha value is -2.55. The number of aryl methyl sites for hydroxylation is 1. The van der Waals surface area contributed by atoms with Crippen molar-refractivity contribution in [1.29, 1.82) is 0 Å². The van der Waals surface area contributed by atoms with Gasteiger partial charge in [-0.2, -0.15) is 0 Å². The largest absolute Gasteiger partial charge is 0.348 e. The number of amides is 1. The smallest absolute Gasteiger partial charge is 0.251 e. The van der Waals surface area contributed by atoms with E-state index in [1.54, 1.807) is 0 Å². The van der Waals surface area contributed by atoms with Gasteiger partial charge >= 0.3 is 0 Å². The molecule has 3 heteroatoms. The van der Waals surface area contributed by atoms with Gasteiger partial charge in [-0.15, -0.1) is 0 Å². The molecule has 1 saturated carbocycles. The van der Waals surface area contributed by atoms with Crippen LogP contribution in [-0.2, 0) is 18.5 Å². The van der Waals surface area contributed by atoms with Crippen molar-refractivity contribution < 1.29 is 4.79 Å². The first-order chi connectivity index (χ1) is 13.8. The number of fused-ring (bicyclic) bond motifs is 1. The van der Waals surface area contributed by atoms with Gasteiger partial charge in [0.2, 0.25) is 0 Å². The van der Waals surface area contributed by atoms with Crippen LogP contribution >= 0.6 is 0 Å². The van der Waals surface area contributed by atoms with Gasteiger partial charge in [0.1, 0.15) is 0 Å². The number of carbonyl (C=O) groups is 1. The van der Waals surface area contributed by atoms with Crippen molar-refractivity contribution >= 4 is 16.8 Å². The molecule has 29 heavy (non-hydrogen) atoms. The molecule has 4 rings (SSSR count). The molecule has 1 fully saturated rings. The van der Waals surface area contributed by atoms with Crippen molar-refractivity contribution in [3.05, 3.63) is 70.9 Å². The molecule has 1 aliphatic rings. The maximum atomic E-state index is 12.8. The lowest BCUT2D eigenvalue weighted by Gasteiger charge is -2.26. The molecular weight excluding hydrogens is 356 g/mol. The summed E-state index contributed by atoms with van der Waals surface area (Å²) in [5, 5.41) is 4.32. The lowest BCUT2D eigenvalue weighted by molar-refractivity contribution is 0.0951. The third-order valence-corrected chi connectivity index (χ3v) is 6.29. The molecule has 0 aliphatic heterocycles. The van der Waals surface area contributed by atoms with E-state index in [2.05, 4.69) is 80.0 Å². The quantitative estimate of drug-likeness (QED) is 0.573. The highest BCUT2D eigenvalue weighted by Gasteiger charge is 2.20. The van der Waals surface area contributed by atoms with Gasteiger partial charge in [-0.3, -0.25) is 4.79 Å². The molecule has 0 unspecified atom stereocenters. The van der Waals surface area contributed by atoms with E-state index in [1.807, 2.05) is 6.07 Å². The number of benzene rings is 2. The standard InChI is InChI=1S/C26H32N2O/c1-18-13-21-11-12-22(15-24(21)28(18)17-19-7-5-8-19)25(29)27-16-20-9-6-10-23(14-20)26(2,3)4/h6,9-15,19H,5,7-8,16-17H2,1-4H3,(H,27,29). The second kappa shape index (κ2) is 7.70. The summed E-state index contributed by atoms with van der Waals surface area (Å²) in [6, 6.07) is 16.8. The maximum absolute atomic E-state index is 12.8. The maximum Gasteiger partial charge on any atom is 0.251 e. The summed E-state index contributed by atoms with van der Waals surface area (Å²) in [5.41, 5.74) is 5.72. The third-order valence-electron chi connectivity index (χ3n) is 6.29. The molecule has 1 amide bonds. The van der Waals surface area contributed by atoms with Gasteiger partial charge in [-0.1, -0.05) is 57.5 Å². The highest BCUT2D eigenvalue weighted by Crippen LogP contribution is 2.31. The Morgan fingerprint density at radius 1 is 1.10 bits per heavy atom. The molecule has 0 atom stereocenters. The highest BCUT2D eigenvalue weighted by molar-refractivity contribution is 5.98. The Balaban J connectivity index is 1.50. The molecule has 1 aliphatic carbocycles. The van der Waals surface area contributed by atoms with Crippen LogP contribution in [-0.4, -0.2) is 10.5 Å². The van der Waals surface area contributed by atoms with Crippen LogP contribution in [0.1, 0.15) is 67.2 Å². The van der Waals surface area contributed by atoms with Crippen LogP contribution in [0.3, 0.4) is 0 Å². The highest BCUT2D eigenvalue weighted by atomic mass is 16.1. The Kier molecular flexibility index (Phi) is 5.24. The molecule has 3 aromatic rings. The zero-order chi connectivity index (χ0) is 20.6. The first kappa shape index (κ1) is 19.8. The van der Waals surface area contributed by atoms with Gasteiger partial charge in [-0.25, -0.2) is 0 Å². The Morgan fingerprint density at radius 3 is 2.59 bits per heavy atom. The van der Waals surface area contributed by atoms with Gasteiger partial charge in [0.15, 0.2) is 0 Å². The average Bonchev–Trinajstić information content (AvgIpc) is 2.96. The molecular formula is C26H32N2O. The minimum Gasteiger partial charge on any atom is -0.348 e. The van der Waals surface area contributed by atoms with Crippen LogP contribution in [0.15, 0.2) is 48.5 Å². The fraction of sp³-hybridized carbons (Fsp3) is 0.423. The van der Waals surface area contributed by atoms with Crippen LogP contribution < -0.4 is 5.32 Å². The molecule has 152 valence electrons. The number of nitrogens with one attached hydrogen (secondary N) is 1. The number of hydrogen-bond donors (Lipinski definition) is 1. The van der Waals surface area contributed by atoms with Crippen molar-refractivity contribution in [1.82, 2.24) is 9.88 Å². The zero-order valence-electron chi connectivity index (χ0n) is 18.1. The van der Waals surface area contributed by atoms with E-state index in [0.29, 0.717) is 6.54 Å². The fourth-order valence-electron chi connectivity index (χ4n) is 4.14. The minimum absolute atomic E-state index is 0.0119. The summed E-state index contributed by atoms with van der Waals surface area (Å²) in [7, 11) is 0. The van der Waals surface area contributed by atoms with E-state index in [0.717, 1.165) is 23.6 Å². The first-order valence-corrected chi connectivity index (χ1v) is 10.8. The molecule has 0 radical (unpaired) electrons. The molecule has 3 nitrogen and oxygen atoms in total. The molecule has 1 heterocycles. The van der Waals surface area contributed by atoms with E-state index in [4.69, 9.17) is 0 Å². The molecule has 0 spiro atoms. The first-order valence-electron chi connectivity index (χ1n) is 10.8. The second-order valence-electron chi connectivity index (χ2n) is 9.60. The third kappa shape index (κ3) is 4.24. The van der Waals surface area contributed by atoms with Gasteiger partial charge in [-0.05, 0) is 65.8 Å². The van der Waals surface area contributed by atoms with Gasteiger partial charge < -0.3 is 9.88 Å². The molecule has 1 aromatic heterocycles. The van der Waals surface area contributed by atoms with Crippen LogP contribution in [0.2, 0.25) is 0 Å². The van der Waals surface area contributed by atoms with Crippen LogP contribution in [0.4, 0.5) is 0 Å². The summed E-state index contributed by atoms with van der Waals surface area (Å²) in [5.74, 6) is 0.777. The van der Waals surface area contributed by atoms with E-state index in [1.165, 1.54) is 41.4 Å². The van der Waals surface area contributed by atoms with Gasteiger partial charge in [0, 0.05) is 29.9 Å². The summed E-state index contributed by atoms with van der Waals surface area (Å²) in [6.45, 7) is 10.4. The number of hydrogen-bond acceptors (Lipinski definition) is 1. The van der Waals surface area contributed by atoms with E-state index in [-0.39, 0.29) is 11.3 Å². The predicted octanol–water partition coefficient (Wildman–Crippen LogP) is 5.98. The van der Waals surface area contributed by atoms with Crippen molar-refractivity contribution in [2.45, 2.75) is 65.5 Å². The molecule has 2 aromatic carbocycles. The summed E-state index contributed by atoms with van der Waals surface area (Å²) < 4.78 is 2.39. The van der Waals surface area contributed by atoms with Crippen LogP contribution in [0.5, 0.6) is 0 Å². The number of nitrogens with zero attached hydrogens (tertiary/aromatic N) is 1. The van der Waals surface area contributed by atoms with E-state index in [9.17, 15) is 4.79 Å². The Morgan fingerprint density at radius 2 is 1.90 bits per heavy atom. The normalized spacial score (nSPS) is 14.8. The monoisotopic (exact) mass is 388 g/mol. The van der Waals surface area contributed by atoms with Crippen molar-refractivity contribution in [2.75, 3.05) is 0 Å². The van der Waals surface area contributed by atoms with E-state index < -0.39 is 0 Å². The van der Waals surface area contributed by atoms with Gasteiger partial charge in [0.05, 0.1) is 0 Å². The SMILES string of the molecule is Cc1cc2ccc(C(=O)NCc3cccc(C(C)(C)C)c3)cc2n1CC1CCC1. The fourth-order valence-corrected chi connectivity index (χ4v) is 4.14. The molecule has 0 saturated heterocycles. The average molecular weight is 389 g/mol. The van der Waals surface area contributed by atoms with Crippen LogP contribution in [0, 0.1) is 12.8 Å².